The number of methoxy groups -OCH3 is 1. The van der Waals surface area contributed by atoms with Crippen molar-refractivity contribution in [3.8, 4) is 5.75 Å². The number of hydrogen-bond donors (Lipinski definition) is 1. The zero-order valence-corrected chi connectivity index (χ0v) is 13.4. The van der Waals surface area contributed by atoms with Crippen LogP contribution in [0, 0.1) is 5.82 Å². The quantitative estimate of drug-likeness (QED) is 0.798. The van der Waals surface area contributed by atoms with E-state index in [9.17, 15) is 9.18 Å². The smallest absolute Gasteiger partial charge is 0.255 e. The Morgan fingerprint density at radius 2 is 1.96 bits per heavy atom. The fraction of sp³-hybridized carbons (Fsp3) is 0.278. The topological polar surface area (TPSA) is 41.6 Å². The second kappa shape index (κ2) is 8.17. The highest BCUT2D eigenvalue weighted by Gasteiger charge is 2.12. The van der Waals surface area contributed by atoms with Crippen LogP contribution in [-0.2, 0) is 0 Å². The van der Waals surface area contributed by atoms with E-state index in [4.69, 9.17) is 4.74 Å². The monoisotopic (exact) mass is 316 g/mol. The normalized spacial score (nSPS) is 10.2. The van der Waals surface area contributed by atoms with Gasteiger partial charge in [0.25, 0.3) is 5.91 Å². The third-order valence-electron chi connectivity index (χ3n) is 3.56. The summed E-state index contributed by atoms with van der Waals surface area (Å²) in [7, 11) is 3.46. The molecule has 5 heteroatoms. The molecule has 0 bridgehead atoms. The molecule has 0 heterocycles. The van der Waals surface area contributed by atoms with E-state index < -0.39 is 5.82 Å². The lowest BCUT2D eigenvalue weighted by atomic mass is 10.2. The second-order valence-electron chi connectivity index (χ2n) is 5.21. The van der Waals surface area contributed by atoms with E-state index in [2.05, 4.69) is 10.2 Å². The molecule has 0 aliphatic rings. The van der Waals surface area contributed by atoms with Gasteiger partial charge in [0.2, 0.25) is 0 Å². The highest BCUT2D eigenvalue weighted by molar-refractivity contribution is 5.96. The van der Waals surface area contributed by atoms with Crippen molar-refractivity contribution in [2.24, 2.45) is 0 Å². The van der Waals surface area contributed by atoms with Gasteiger partial charge in [0, 0.05) is 25.8 Å². The van der Waals surface area contributed by atoms with Crippen molar-refractivity contribution in [2.45, 2.75) is 6.42 Å². The summed E-state index contributed by atoms with van der Waals surface area (Å²) in [4.78, 5) is 14.2. The van der Waals surface area contributed by atoms with Crippen molar-refractivity contribution < 1.29 is 13.9 Å². The average molecular weight is 316 g/mol. The zero-order valence-electron chi connectivity index (χ0n) is 13.4. The summed E-state index contributed by atoms with van der Waals surface area (Å²) in [6.45, 7) is 1.32. The van der Waals surface area contributed by atoms with Gasteiger partial charge in [-0.1, -0.05) is 18.2 Å². The van der Waals surface area contributed by atoms with Crippen LogP contribution >= 0.6 is 0 Å². The molecule has 0 aromatic heterocycles. The number of halogens is 1. The van der Waals surface area contributed by atoms with E-state index >= 15 is 0 Å². The summed E-state index contributed by atoms with van der Waals surface area (Å²) in [6.07, 6.45) is 0.786. The van der Waals surface area contributed by atoms with Gasteiger partial charge in [-0.3, -0.25) is 4.79 Å². The number of carbonyl (C=O) groups is 1. The molecule has 122 valence electrons. The molecule has 0 unspecified atom stereocenters. The van der Waals surface area contributed by atoms with Crippen LogP contribution in [0.5, 0.6) is 5.75 Å². The third kappa shape index (κ3) is 4.71. The predicted octanol–water partition coefficient (Wildman–Crippen LogP) is 3.09. The molecule has 0 aliphatic carbocycles. The number of para-hydroxylation sites is 1. The molecule has 2 rings (SSSR count). The SMILES string of the molecule is COc1ccc(F)cc1C(=O)NCCCN(C)c1ccccc1. The van der Waals surface area contributed by atoms with E-state index in [1.807, 2.05) is 37.4 Å². The Morgan fingerprint density at radius 3 is 2.65 bits per heavy atom. The van der Waals surface area contributed by atoms with Crippen molar-refractivity contribution in [3.05, 3.63) is 59.9 Å². The molecule has 1 amide bonds. The predicted molar refractivity (Wildman–Crippen MR) is 89.6 cm³/mol. The standard InChI is InChI=1S/C18H21FN2O2/c1-21(15-7-4-3-5-8-15)12-6-11-20-18(22)16-13-14(19)9-10-17(16)23-2/h3-5,7-10,13H,6,11-12H2,1-2H3,(H,20,22). The third-order valence-corrected chi connectivity index (χ3v) is 3.56. The van der Waals surface area contributed by atoms with Gasteiger partial charge < -0.3 is 15.0 Å². The molecule has 4 nitrogen and oxygen atoms in total. The van der Waals surface area contributed by atoms with E-state index in [0.29, 0.717) is 12.3 Å². The molecule has 2 aromatic rings. The minimum absolute atomic E-state index is 0.212. The lowest BCUT2D eigenvalue weighted by Crippen LogP contribution is -2.28. The molecule has 23 heavy (non-hydrogen) atoms. The van der Waals surface area contributed by atoms with Gasteiger partial charge in [0.05, 0.1) is 12.7 Å². The highest BCUT2D eigenvalue weighted by Crippen LogP contribution is 2.19. The minimum Gasteiger partial charge on any atom is -0.496 e. The fourth-order valence-corrected chi connectivity index (χ4v) is 2.28. The molecule has 0 saturated heterocycles. The molecule has 1 N–H and O–H groups in total. The number of nitrogens with one attached hydrogen (secondary N) is 1. The number of carbonyl (C=O) groups excluding carboxylic acids is 1. The number of amides is 1. The number of anilines is 1. The van der Waals surface area contributed by atoms with Gasteiger partial charge in [-0.2, -0.15) is 0 Å². The van der Waals surface area contributed by atoms with Gasteiger partial charge in [0.1, 0.15) is 11.6 Å². The lowest BCUT2D eigenvalue weighted by molar-refractivity contribution is 0.0950. The average Bonchev–Trinajstić information content (AvgIpc) is 2.59. The number of rotatable bonds is 7. The number of benzene rings is 2. The van der Waals surface area contributed by atoms with E-state index in [1.54, 1.807) is 0 Å². The van der Waals surface area contributed by atoms with Crippen LogP contribution in [0.1, 0.15) is 16.8 Å². The van der Waals surface area contributed by atoms with Crippen LogP contribution in [0.2, 0.25) is 0 Å². The first kappa shape index (κ1) is 16.8. The molecule has 2 aromatic carbocycles. The van der Waals surface area contributed by atoms with Gasteiger partial charge in [-0.05, 0) is 36.8 Å². The largest absolute Gasteiger partial charge is 0.496 e. The number of ether oxygens (including phenoxy) is 1. The zero-order chi connectivity index (χ0) is 16.7. The van der Waals surface area contributed by atoms with E-state index in [0.717, 1.165) is 18.7 Å². The molecule has 0 fully saturated rings. The summed E-state index contributed by atoms with van der Waals surface area (Å²) in [5.74, 6) is -0.422. The summed E-state index contributed by atoms with van der Waals surface area (Å²) < 4.78 is 18.4. The van der Waals surface area contributed by atoms with E-state index in [1.165, 1.54) is 25.3 Å². The molecule has 0 atom stereocenters. The van der Waals surface area contributed by atoms with Gasteiger partial charge in [-0.15, -0.1) is 0 Å². The first-order valence-electron chi connectivity index (χ1n) is 7.49. The first-order valence-corrected chi connectivity index (χ1v) is 7.49. The summed E-state index contributed by atoms with van der Waals surface area (Å²) in [5, 5.41) is 2.80. The Labute approximate surface area is 135 Å². The molecular weight excluding hydrogens is 295 g/mol. The Morgan fingerprint density at radius 1 is 1.22 bits per heavy atom. The summed E-state index contributed by atoms with van der Waals surface area (Å²) >= 11 is 0. The maximum atomic E-state index is 13.3. The number of nitrogens with zero attached hydrogens (tertiary/aromatic N) is 1. The van der Waals surface area contributed by atoms with Gasteiger partial charge in [0.15, 0.2) is 0 Å². The van der Waals surface area contributed by atoms with Crippen molar-refractivity contribution in [2.75, 3.05) is 32.1 Å². The molecule has 0 saturated carbocycles. The molecule has 0 spiro atoms. The Hall–Kier alpha value is -2.56. The van der Waals surface area contributed by atoms with Crippen molar-refractivity contribution in [1.29, 1.82) is 0 Å². The van der Waals surface area contributed by atoms with Crippen molar-refractivity contribution >= 4 is 11.6 Å². The van der Waals surface area contributed by atoms with Gasteiger partial charge >= 0.3 is 0 Å². The number of hydrogen-bond acceptors (Lipinski definition) is 3. The Kier molecular flexibility index (Phi) is 5.97. The van der Waals surface area contributed by atoms with Crippen LogP contribution in [0.25, 0.3) is 0 Å². The fourth-order valence-electron chi connectivity index (χ4n) is 2.28. The Balaban J connectivity index is 1.82. The summed E-state index contributed by atoms with van der Waals surface area (Å²) in [6, 6.07) is 13.9. The first-order chi connectivity index (χ1) is 11.1. The van der Waals surface area contributed by atoms with Crippen LogP contribution in [0.3, 0.4) is 0 Å². The van der Waals surface area contributed by atoms with Crippen molar-refractivity contribution in [3.63, 3.8) is 0 Å². The maximum Gasteiger partial charge on any atom is 0.255 e. The van der Waals surface area contributed by atoms with Crippen LogP contribution in [-0.4, -0.2) is 33.2 Å². The van der Waals surface area contributed by atoms with Crippen LogP contribution in [0.4, 0.5) is 10.1 Å². The second-order valence-corrected chi connectivity index (χ2v) is 5.21. The van der Waals surface area contributed by atoms with Crippen LogP contribution < -0.4 is 15.0 Å². The maximum absolute atomic E-state index is 13.3. The van der Waals surface area contributed by atoms with Crippen LogP contribution in [0.15, 0.2) is 48.5 Å². The molecular formula is C18H21FN2O2. The van der Waals surface area contributed by atoms with Crippen molar-refractivity contribution in [1.82, 2.24) is 5.32 Å². The lowest BCUT2D eigenvalue weighted by Gasteiger charge is -2.19. The Bertz CT molecular complexity index is 647. The highest BCUT2D eigenvalue weighted by atomic mass is 19.1. The van der Waals surface area contributed by atoms with E-state index in [-0.39, 0.29) is 11.5 Å². The molecule has 0 radical (unpaired) electrons. The van der Waals surface area contributed by atoms with Gasteiger partial charge in [-0.25, -0.2) is 4.39 Å². The molecule has 0 aliphatic heterocycles. The summed E-state index contributed by atoms with van der Waals surface area (Å²) in [5.41, 5.74) is 1.34. The minimum atomic E-state index is -0.459.